The Morgan fingerprint density at radius 3 is 2.68 bits per heavy atom. The molecule has 0 radical (unpaired) electrons. The summed E-state index contributed by atoms with van der Waals surface area (Å²) in [6, 6.07) is 11.5. The Labute approximate surface area is 126 Å². The minimum Gasteiger partial charge on any atom is -0.481 e. The van der Waals surface area contributed by atoms with E-state index in [9.17, 15) is 4.79 Å². The maximum Gasteiger partial charge on any atom is 0.210 e. The summed E-state index contributed by atoms with van der Waals surface area (Å²) >= 11 is 0. The fourth-order valence-electron chi connectivity index (χ4n) is 3.08. The van der Waals surface area contributed by atoms with Crippen molar-refractivity contribution < 1.29 is 18.7 Å². The maximum atomic E-state index is 13.1. The molecule has 0 N–H and O–H groups in total. The van der Waals surface area contributed by atoms with Gasteiger partial charge in [-0.05, 0) is 29.8 Å². The monoisotopic (exact) mass is 294 g/mol. The molecule has 0 saturated heterocycles. The Morgan fingerprint density at radius 2 is 2.00 bits per heavy atom. The lowest BCUT2D eigenvalue weighted by Gasteiger charge is -2.38. The van der Waals surface area contributed by atoms with E-state index in [2.05, 4.69) is 11.2 Å². The van der Waals surface area contributed by atoms with Gasteiger partial charge in [0.25, 0.3) is 0 Å². The third kappa shape index (κ3) is 1.61. The van der Waals surface area contributed by atoms with Crippen molar-refractivity contribution in [2.45, 2.75) is 18.4 Å². The standard InChI is InChI=1S/C18H14O4/c1-3-18(2)16(14-10-20-22-14)17(19)15-12-7-5-4-6-11(12)8-9-13(15)21-18/h3-10,16H,1H2,2H3. The first-order valence-electron chi connectivity index (χ1n) is 7.06. The molecular formula is C18H14O4. The van der Waals surface area contributed by atoms with Gasteiger partial charge in [0.2, 0.25) is 5.76 Å². The van der Waals surface area contributed by atoms with E-state index < -0.39 is 11.5 Å². The van der Waals surface area contributed by atoms with E-state index in [4.69, 9.17) is 9.31 Å². The summed E-state index contributed by atoms with van der Waals surface area (Å²) in [5, 5.41) is 1.88. The zero-order valence-corrected chi connectivity index (χ0v) is 12.0. The number of hydrogen-bond acceptors (Lipinski definition) is 4. The summed E-state index contributed by atoms with van der Waals surface area (Å²) in [5.74, 6) is 0.390. The molecule has 0 fully saturated rings. The molecule has 0 saturated carbocycles. The number of rotatable bonds is 2. The molecule has 3 aromatic rings. The highest BCUT2D eigenvalue weighted by atomic mass is 17.0. The van der Waals surface area contributed by atoms with Crippen LogP contribution in [0.25, 0.3) is 10.8 Å². The van der Waals surface area contributed by atoms with Crippen LogP contribution in [-0.4, -0.2) is 11.4 Å². The normalized spacial score (nSPS) is 24.0. The van der Waals surface area contributed by atoms with Crippen LogP contribution in [0.5, 0.6) is 5.75 Å². The van der Waals surface area contributed by atoms with Gasteiger partial charge in [-0.2, -0.15) is 0 Å². The molecule has 4 rings (SSSR count). The van der Waals surface area contributed by atoms with Crippen molar-refractivity contribution in [3.05, 3.63) is 66.6 Å². The number of hydrogen-bond donors (Lipinski definition) is 0. The Bertz CT molecular complexity index is 876. The summed E-state index contributed by atoms with van der Waals surface area (Å²) in [6.07, 6.45) is 3.07. The summed E-state index contributed by atoms with van der Waals surface area (Å²) in [7, 11) is 0. The van der Waals surface area contributed by atoms with Crippen molar-refractivity contribution in [1.29, 1.82) is 0 Å². The van der Waals surface area contributed by atoms with Gasteiger partial charge >= 0.3 is 0 Å². The third-order valence-corrected chi connectivity index (χ3v) is 4.30. The number of carbonyl (C=O) groups is 1. The second-order valence-electron chi connectivity index (χ2n) is 5.65. The molecule has 2 heterocycles. The van der Waals surface area contributed by atoms with Gasteiger partial charge in [-0.1, -0.05) is 36.9 Å². The van der Waals surface area contributed by atoms with Crippen LogP contribution in [0.3, 0.4) is 0 Å². The van der Waals surface area contributed by atoms with Gasteiger partial charge in [0.15, 0.2) is 12.0 Å². The van der Waals surface area contributed by atoms with Gasteiger partial charge in [-0.25, -0.2) is 0 Å². The van der Waals surface area contributed by atoms with Crippen LogP contribution < -0.4 is 4.74 Å². The number of ketones is 1. The van der Waals surface area contributed by atoms with Gasteiger partial charge in [0.05, 0.1) is 5.56 Å². The number of fused-ring (bicyclic) bond motifs is 3. The SMILES string of the molecule is C=CC1(C)Oc2ccc3ccccc3c2C(=O)C1c1coo1. The first kappa shape index (κ1) is 13.0. The molecule has 1 aliphatic heterocycles. The molecule has 0 spiro atoms. The first-order chi connectivity index (χ1) is 10.6. The van der Waals surface area contributed by atoms with E-state index >= 15 is 0 Å². The van der Waals surface area contributed by atoms with Crippen molar-refractivity contribution in [2.75, 3.05) is 0 Å². The molecular weight excluding hydrogens is 280 g/mol. The van der Waals surface area contributed by atoms with Crippen molar-refractivity contribution in [3.63, 3.8) is 0 Å². The smallest absolute Gasteiger partial charge is 0.210 e. The highest BCUT2D eigenvalue weighted by Crippen LogP contribution is 2.45. The fraction of sp³-hybridized carbons (Fsp3) is 0.167. The van der Waals surface area contributed by atoms with Crippen molar-refractivity contribution in [3.8, 4) is 5.75 Å². The summed E-state index contributed by atoms with van der Waals surface area (Å²) in [4.78, 5) is 13.1. The van der Waals surface area contributed by atoms with Crippen LogP contribution in [0, 0.1) is 0 Å². The van der Waals surface area contributed by atoms with Crippen molar-refractivity contribution in [1.82, 2.24) is 0 Å². The lowest BCUT2D eigenvalue weighted by atomic mass is 9.77. The van der Waals surface area contributed by atoms with E-state index in [1.807, 2.05) is 43.3 Å². The summed E-state index contributed by atoms with van der Waals surface area (Å²) < 4.78 is 15.7. The zero-order valence-electron chi connectivity index (χ0n) is 12.0. The van der Waals surface area contributed by atoms with Gasteiger partial charge in [0.1, 0.15) is 17.3 Å². The largest absolute Gasteiger partial charge is 0.481 e. The molecule has 1 aliphatic rings. The number of Topliss-reactive ketones (excluding diaryl/α,β-unsaturated/α-hetero) is 1. The number of ether oxygens (including phenoxy) is 1. The predicted octanol–water partition coefficient (Wildman–Crippen LogP) is 4.33. The quantitative estimate of drug-likeness (QED) is 0.521. The zero-order chi connectivity index (χ0) is 15.3. The van der Waals surface area contributed by atoms with Crippen LogP contribution in [0.1, 0.15) is 29.0 Å². The van der Waals surface area contributed by atoms with Gasteiger partial charge in [-0.3, -0.25) is 13.9 Å². The average Bonchev–Trinajstić information content (AvgIpc) is 2.49. The first-order valence-corrected chi connectivity index (χ1v) is 7.06. The lowest BCUT2D eigenvalue weighted by Crippen LogP contribution is -2.45. The van der Waals surface area contributed by atoms with E-state index in [1.54, 1.807) is 6.08 Å². The third-order valence-electron chi connectivity index (χ3n) is 4.30. The van der Waals surface area contributed by atoms with Crippen LogP contribution >= 0.6 is 0 Å². The molecule has 2 unspecified atom stereocenters. The molecule has 0 aliphatic carbocycles. The fourth-order valence-corrected chi connectivity index (χ4v) is 3.08. The van der Waals surface area contributed by atoms with Gasteiger partial charge in [0, 0.05) is 0 Å². The van der Waals surface area contributed by atoms with E-state index in [-0.39, 0.29) is 5.78 Å². The molecule has 2 atom stereocenters. The van der Waals surface area contributed by atoms with Gasteiger partial charge < -0.3 is 4.74 Å². The van der Waals surface area contributed by atoms with Gasteiger partial charge in [-0.15, -0.1) is 0 Å². The lowest BCUT2D eigenvalue weighted by molar-refractivity contribution is -0.0372. The Hall–Kier alpha value is -2.75. The summed E-state index contributed by atoms with van der Waals surface area (Å²) in [6.45, 7) is 5.64. The molecule has 110 valence electrons. The van der Waals surface area contributed by atoms with Crippen molar-refractivity contribution >= 4 is 16.6 Å². The molecule has 2 aromatic carbocycles. The van der Waals surface area contributed by atoms with Crippen LogP contribution in [-0.2, 0) is 0 Å². The molecule has 0 bridgehead atoms. The van der Waals surface area contributed by atoms with Crippen LogP contribution in [0.15, 0.2) is 64.5 Å². The molecule has 22 heavy (non-hydrogen) atoms. The minimum absolute atomic E-state index is 0.0463. The van der Waals surface area contributed by atoms with E-state index in [0.29, 0.717) is 17.1 Å². The molecule has 1 aromatic heterocycles. The Morgan fingerprint density at radius 1 is 1.23 bits per heavy atom. The van der Waals surface area contributed by atoms with Crippen molar-refractivity contribution in [2.24, 2.45) is 0 Å². The predicted molar refractivity (Wildman–Crippen MR) is 81.2 cm³/mol. The Balaban J connectivity index is 1.99. The number of benzene rings is 2. The summed E-state index contributed by atoms with van der Waals surface area (Å²) in [5.41, 5.74) is -0.291. The number of carbonyl (C=O) groups excluding carboxylic acids is 1. The van der Waals surface area contributed by atoms with E-state index in [1.165, 1.54) is 6.26 Å². The average molecular weight is 294 g/mol. The molecule has 4 heteroatoms. The van der Waals surface area contributed by atoms with Crippen LogP contribution in [0.4, 0.5) is 0 Å². The minimum atomic E-state index is -0.873. The van der Waals surface area contributed by atoms with E-state index in [0.717, 1.165) is 10.8 Å². The topological polar surface area (TPSA) is 52.6 Å². The molecule has 0 amide bonds. The highest BCUT2D eigenvalue weighted by molar-refractivity contribution is 6.14. The highest BCUT2D eigenvalue weighted by Gasteiger charge is 2.49. The Kier molecular flexibility index (Phi) is 2.57. The second kappa shape index (κ2) is 4.37. The van der Waals surface area contributed by atoms with Crippen LogP contribution in [0.2, 0.25) is 0 Å². The second-order valence-corrected chi connectivity index (χ2v) is 5.65. The molecule has 4 nitrogen and oxygen atoms in total. The maximum absolute atomic E-state index is 13.1.